The number of carbonyl (C=O) groups is 2. The second kappa shape index (κ2) is 7.48. The number of likely N-dealkylation sites (tertiary alicyclic amines) is 1. The normalized spacial score (nSPS) is 22.2. The number of carbonyl (C=O) groups excluding carboxylic acids is 1. The van der Waals surface area contributed by atoms with Crippen molar-refractivity contribution in [2.75, 3.05) is 13.1 Å². The molecule has 1 saturated heterocycles. The summed E-state index contributed by atoms with van der Waals surface area (Å²) in [7, 11) is 0. The van der Waals surface area contributed by atoms with E-state index in [-0.39, 0.29) is 23.9 Å². The summed E-state index contributed by atoms with van der Waals surface area (Å²) in [5.74, 6) is -1.07. The van der Waals surface area contributed by atoms with Crippen LogP contribution in [0.5, 0.6) is 0 Å². The molecule has 2 atom stereocenters. The van der Waals surface area contributed by atoms with Gasteiger partial charge in [-0.25, -0.2) is 0 Å². The van der Waals surface area contributed by atoms with Crippen molar-refractivity contribution in [2.24, 2.45) is 5.92 Å². The molecule has 0 bridgehead atoms. The fourth-order valence-corrected chi connectivity index (χ4v) is 2.54. The highest BCUT2D eigenvalue weighted by molar-refractivity contribution is 5.81. The SMILES string of the molecule is CCC(CC)NC(=O)[C@@H](C)N1CCC[C@@H](C(=O)O)C1. The van der Waals surface area contributed by atoms with E-state index >= 15 is 0 Å². The van der Waals surface area contributed by atoms with Crippen LogP contribution in [0, 0.1) is 5.92 Å². The lowest BCUT2D eigenvalue weighted by atomic mass is 9.97. The van der Waals surface area contributed by atoms with E-state index in [4.69, 9.17) is 5.11 Å². The van der Waals surface area contributed by atoms with Crippen molar-refractivity contribution in [1.29, 1.82) is 0 Å². The van der Waals surface area contributed by atoms with Crippen LogP contribution in [0.1, 0.15) is 46.5 Å². The van der Waals surface area contributed by atoms with Crippen LogP contribution >= 0.6 is 0 Å². The number of hydrogen-bond donors (Lipinski definition) is 2. The summed E-state index contributed by atoms with van der Waals surface area (Å²) in [6.07, 6.45) is 3.41. The Bertz CT molecular complexity index is 316. The molecule has 0 radical (unpaired) electrons. The molecule has 0 aliphatic carbocycles. The Morgan fingerprint density at radius 2 is 2.00 bits per heavy atom. The average Bonchev–Trinajstić information content (AvgIpc) is 2.43. The smallest absolute Gasteiger partial charge is 0.307 e. The number of carboxylic acid groups (broad SMARTS) is 1. The fourth-order valence-electron chi connectivity index (χ4n) is 2.54. The number of nitrogens with one attached hydrogen (secondary N) is 1. The van der Waals surface area contributed by atoms with Gasteiger partial charge in [0.2, 0.25) is 5.91 Å². The molecule has 1 aliphatic rings. The number of nitrogens with zero attached hydrogens (tertiary/aromatic N) is 1. The first-order valence-electron chi connectivity index (χ1n) is 7.26. The molecule has 0 spiro atoms. The van der Waals surface area contributed by atoms with Crippen molar-refractivity contribution in [3.8, 4) is 0 Å². The van der Waals surface area contributed by atoms with Gasteiger partial charge in [-0.05, 0) is 39.2 Å². The van der Waals surface area contributed by atoms with Crippen molar-refractivity contribution in [3.63, 3.8) is 0 Å². The van der Waals surface area contributed by atoms with Gasteiger partial charge in [-0.3, -0.25) is 14.5 Å². The molecule has 5 nitrogen and oxygen atoms in total. The lowest BCUT2D eigenvalue weighted by Crippen LogP contribution is -2.51. The van der Waals surface area contributed by atoms with Crippen molar-refractivity contribution in [3.05, 3.63) is 0 Å². The van der Waals surface area contributed by atoms with Gasteiger partial charge in [0.15, 0.2) is 0 Å². The Hall–Kier alpha value is -1.10. The minimum atomic E-state index is -0.752. The van der Waals surface area contributed by atoms with Gasteiger partial charge in [-0.2, -0.15) is 0 Å². The zero-order chi connectivity index (χ0) is 14.4. The summed E-state index contributed by atoms with van der Waals surface area (Å²) in [6, 6.07) is -0.0299. The van der Waals surface area contributed by atoms with Gasteiger partial charge in [-0.1, -0.05) is 13.8 Å². The third-order valence-corrected chi connectivity index (χ3v) is 4.06. The van der Waals surface area contributed by atoms with Crippen LogP contribution in [0.2, 0.25) is 0 Å². The molecule has 1 rings (SSSR count). The Morgan fingerprint density at radius 3 is 2.53 bits per heavy atom. The lowest BCUT2D eigenvalue weighted by Gasteiger charge is -2.35. The number of piperidine rings is 1. The molecular weight excluding hydrogens is 244 g/mol. The molecule has 110 valence electrons. The molecular formula is C14H26N2O3. The Morgan fingerprint density at radius 1 is 1.37 bits per heavy atom. The summed E-state index contributed by atoms with van der Waals surface area (Å²) in [5, 5.41) is 12.1. The second-order valence-corrected chi connectivity index (χ2v) is 5.37. The molecule has 0 aromatic heterocycles. The summed E-state index contributed by atoms with van der Waals surface area (Å²) in [6.45, 7) is 7.26. The van der Waals surface area contributed by atoms with Gasteiger partial charge in [-0.15, -0.1) is 0 Å². The van der Waals surface area contributed by atoms with Crippen LogP contribution < -0.4 is 5.32 Å². The van der Waals surface area contributed by atoms with Gasteiger partial charge >= 0.3 is 5.97 Å². The van der Waals surface area contributed by atoms with Gasteiger partial charge in [0, 0.05) is 12.6 Å². The molecule has 0 unspecified atom stereocenters. The summed E-state index contributed by atoms with van der Waals surface area (Å²) in [4.78, 5) is 25.2. The maximum Gasteiger partial charge on any atom is 0.307 e. The Balaban J connectivity index is 2.53. The van der Waals surface area contributed by atoms with Gasteiger partial charge < -0.3 is 10.4 Å². The van der Waals surface area contributed by atoms with Gasteiger partial charge in [0.1, 0.15) is 0 Å². The van der Waals surface area contributed by atoms with E-state index in [0.29, 0.717) is 13.0 Å². The minimum Gasteiger partial charge on any atom is -0.481 e. The predicted octanol–water partition coefficient (Wildman–Crippen LogP) is 1.48. The van der Waals surface area contributed by atoms with Crippen molar-refractivity contribution in [1.82, 2.24) is 10.2 Å². The maximum atomic E-state index is 12.1. The van der Waals surface area contributed by atoms with E-state index in [1.54, 1.807) is 0 Å². The van der Waals surface area contributed by atoms with Crippen molar-refractivity contribution < 1.29 is 14.7 Å². The summed E-state index contributed by atoms with van der Waals surface area (Å²) in [5.41, 5.74) is 0. The average molecular weight is 270 g/mol. The minimum absolute atomic E-state index is 0.0136. The molecule has 5 heteroatoms. The first-order chi connectivity index (χ1) is 8.99. The van der Waals surface area contributed by atoms with Crippen LogP contribution in [-0.2, 0) is 9.59 Å². The fraction of sp³-hybridized carbons (Fsp3) is 0.857. The molecule has 1 fully saturated rings. The molecule has 1 aliphatic heterocycles. The van der Waals surface area contributed by atoms with E-state index in [1.165, 1.54) is 0 Å². The zero-order valence-electron chi connectivity index (χ0n) is 12.2. The van der Waals surface area contributed by atoms with Crippen LogP contribution in [0.25, 0.3) is 0 Å². The van der Waals surface area contributed by atoms with E-state index in [9.17, 15) is 9.59 Å². The first-order valence-corrected chi connectivity index (χ1v) is 7.26. The number of amides is 1. The Labute approximate surface area is 115 Å². The van der Waals surface area contributed by atoms with E-state index in [0.717, 1.165) is 25.8 Å². The highest BCUT2D eigenvalue weighted by Gasteiger charge is 2.30. The predicted molar refractivity (Wildman–Crippen MR) is 73.9 cm³/mol. The number of aliphatic carboxylic acids is 1. The van der Waals surface area contributed by atoms with Gasteiger partial charge in [0.05, 0.1) is 12.0 Å². The van der Waals surface area contributed by atoms with E-state index in [1.807, 2.05) is 11.8 Å². The Kier molecular flexibility index (Phi) is 6.28. The number of hydrogen-bond acceptors (Lipinski definition) is 3. The number of rotatable bonds is 6. The first kappa shape index (κ1) is 16.0. The van der Waals surface area contributed by atoms with Crippen LogP contribution in [-0.4, -0.2) is 47.1 Å². The summed E-state index contributed by atoms with van der Waals surface area (Å²) >= 11 is 0. The lowest BCUT2D eigenvalue weighted by molar-refractivity contribution is -0.145. The highest BCUT2D eigenvalue weighted by atomic mass is 16.4. The maximum absolute atomic E-state index is 12.1. The monoisotopic (exact) mass is 270 g/mol. The number of carboxylic acids is 1. The molecule has 1 amide bonds. The van der Waals surface area contributed by atoms with Crippen LogP contribution in [0.4, 0.5) is 0 Å². The highest BCUT2D eigenvalue weighted by Crippen LogP contribution is 2.18. The van der Waals surface area contributed by atoms with E-state index < -0.39 is 5.97 Å². The van der Waals surface area contributed by atoms with E-state index in [2.05, 4.69) is 19.2 Å². The zero-order valence-corrected chi connectivity index (χ0v) is 12.2. The third-order valence-electron chi connectivity index (χ3n) is 4.06. The molecule has 0 aromatic carbocycles. The quantitative estimate of drug-likeness (QED) is 0.767. The molecule has 0 saturated carbocycles. The topological polar surface area (TPSA) is 69.6 Å². The van der Waals surface area contributed by atoms with Gasteiger partial charge in [0.25, 0.3) is 0 Å². The van der Waals surface area contributed by atoms with Crippen molar-refractivity contribution in [2.45, 2.75) is 58.5 Å². The van der Waals surface area contributed by atoms with Crippen LogP contribution in [0.3, 0.4) is 0 Å². The molecule has 1 heterocycles. The molecule has 0 aromatic rings. The molecule has 19 heavy (non-hydrogen) atoms. The largest absolute Gasteiger partial charge is 0.481 e. The third kappa shape index (κ3) is 4.49. The standard InChI is InChI=1S/C14H26N2O3/c1-4-12(5-2)15-13(17)10(3)16-8-6-7-11(9-16)14(18)19/h10-12H,4-9H2,1-3H3,(H,15,17)(H,18,19)/t10-,11-/m1/s1. The van der Waals surface area contributed by atoms with Crippen LogP contribution in [0.15, 0.2) is 0 Å². The van der Waals surface area contributed by atoms with Crippen molar-refractivity contribution >= 4 is 11.9 Å². The second-order valence-electron chi connectivity index (χ2n) is 5.37. The summed E-state index contributed by atoms with van der Waals surface area (Å²) < 4.78 is 0. The molecule has 2 N–H and O–H groups in total.